The summed E-state index contributed by atoms with van der Waals surface area (Å²) in [5.41, 5.74) is 7.26. The second-order valence-corrected chi connectivity index (χ2v) is 18.7. The molecule has 63 heavy (non-hydrogen) atoms. The number of benzene rings is 2. The largest absolute Gasteiger partial charge is 0.484 e. The minimum atomic E-state index is -0.713. The molecular formula is C47H59N9O7. The number of ether oxygens (including phenoxy) is 3. The lowest BCUT2D eigenvalue weighted by Gasteiger charge is -2.36. The van der Waals surface area contributed by atoms with Crippen molar-refractivity contribution in [2.24, 2.45) is 17.3 Å². The Morgan fingerprint density at radius 1 is 0.746 bits per heavy atom. The number of alkyl carbamates (subject to hydrolysis) is 2. The van der Waals surface area contributed by atoms with E-state index in [2.05, 4.69) is 82.8 Å². The summed E-state index contributed by atoms with van der Waals surface area (Å²) in [5.74, 6) is 1.60. The van der Waals surface area contributed by atoms with E-state index in [4.69, 9.17) is 24.2 Å². The van der Waals surface area contributed by atoms with Crippen molar-refractivity contribution in [2.45, 2.75) is 104 Å². The molecule has 334 valence electrons. The second-order valence-electron chi connectivity index (χ2n) is 18.7. The normalized spacial score (nSPS) is 19.4. The highest BCUT2D eigenvalue weighted by atomic mass is 16.5. The molecule has 0 aliphatic carbocycles. The number of hydrogen-bond acceptors (Lipinski definition) is 9. The van der Waals surface area contributed by atoms with Gasteiger partial charge in [0.25, 0.3) is 0 Å². The highest BCUT2D eigenvalue weighted by Gasteiger charge is 2.41. The van der Waals surface area contributed by atoms with Crippen LogP contribution in [0.1, 0.15) is 110 Å². The Hall–Kier alpha value is -6.32. The molecule has 4 amide bonds. The van der Waals surface area contributed by atoms with Gasteiger partial charge in [-0.1, -0.05) is 60.6 Å². The second kappa shape index (κ2) is 17.1. The number of imidazole rings is 2. The molecule has 0 radical (unpaired) electrons. The van der Waals surface area contributed by atoms with Crippen molar-refractivity contribution in [2.75, 3.05) is 27.3 Å². The lowest BCUT2D eigenvalue weighted by Crippen LogP contribution is -2.51. The predicted octanol–water partition coefficient (Wildman–Crippen LogP) is 8.18. The van der Waals surface area contributed by atoms with Crippen molar-refractivity contribution < 1.29 is 33.4 Å². The minimum absolute atomic E-state index is 0.125. The number of nitrogens with zero attached hydrogens (tertiary/aromatic N) is 4. The number of aromatic amines is 3. The van der Waals surface area contributed by atoms with Gasteiger partial charge in [0.05, 0.1) is 55.8 Å². The van der Waals surface area contributed by atoms with E-state index in [1.54, 1.807) is 6.20 Å². The van der Waals surface area contributed by atoms with Crippen LogP contribution in [0, 0.1) is 17.3 Å². The molecule has 0 bridgehead atoms. The fraction of sp³-hybridized carbons (Fsp3) is 0.489. The Labute approximate surface area is 367 Å². The molecule has 8 rings (SSSR count). The molecule has 0 spiro atoms. The van der Waals surface area contributed by atoms with Crippen LogP contribution in [-0.2, 0) is 19.1 Å². The molecule has 6 heterocycles. The van der Waals surface area contributed by atoms with E-state index in [0.29, 0.717) is 24.7 Å². The van der Waals surface area contributed by atoms with Gasteiger partial charge >= 0.3 is 12.2 Å². The maximum absolute atomic E-state index is 13.8. The van der Waals surface area contributed by atoms with E-state index in [1.807, 2.05) is 43.7 Å². The van der Waals surface area contributed by atoms with Crippen LogP contribution in [0.5, 0.6) is 5.75 Å². The van der Waals surface area contributed by atoms with Crippen molar-refractivity contribution in [1.82, 2.24) is 45.4 Å². The van der Waals surface area contributed by atoms with E-state index in [0.717, 1.165) is 81.7 Å². The lowest BCUT2D eigenvalue weighted by atomic mass is 9.81. The molecule has 2 saturated heterocycles. The SMILES string of the molecule is COC(=O)N[C@H](C(=O)N1CCC[C@H]1c1ncc(-c2ccc3c(c2)OC(C(C)(C)C)c2c-3[nH]c3ccc(-c4cnc([C@@H]5CCCN5C(=O)[C@@H](NC(=O)OC)C(C)C)[nH]4)cc23)[nH]1)C(C)C. The molecule has 16 nitrogen and oxygen atoms in total. The van der Waals surface area contributed by atoms with E-state index in [9.17, 15) is 19.2 Å². The average Bonchev–Trinajstić information content (AvgIpc) is 4.12. The standard InChI is InChI=1S/C47H59N9O7/c1-24(2)37(53-45(59)61-8)43(57)55-18-10-12-33(55)41-48-22-31(51-41)26-15-17-30-29(20-26)36-39(50-30)28-16-14-27(21-35(28)63-40(36)47(5,6)7)32-23-49-42(52-32)34-13-11-19-56(34)44(58)38(25(3)4)54-46(60)62-9/h14-17,20-25,33-34,37-38,40,50H,10-13,18-19H2,1-9H3,(H,48,51)(H,49,52)(H,53,59)(H,54,60)/t33-,34-,37-,38-,40?/m0/s1. The zero-order chi connectivity index (χ0) is 44.9. The van der Waals surface area contributed by atoms with Crippen molar-refractivity contribution in [3.63, 3.8) is 0 Å². The molecule has 2 aromatic carbocycles. The third-order valence-electron chi connectivity index (χ3n) is 12.7. The Morgan fingerprint density at radius 2 is 1.25 bits per heavy atom. The summed E-state index contributed by atoms with van der Waals surface area (Å²) in [6, 6.07) is 10.6. The Kier molecular flexibility index (Phi) is 11.8. The zero-order valence-corrected chi connectivity index (χ0v) is 37.5. The Bertz CT molecular complexity index is 2530. The summed E-state index contributed by atoms with van der Waals surface area (Å²) in [5, 5.41) is 6.48. The highest BCUT2D eigenvalue weighted by Crippen LogP contribution is 2.52. The zero-order valence-electron chi connectivity index (χ0n) is 37.5. The molecule has 3 aliphatic heterocycles. The van der Waals surface area contributed by atoms with Crippen LogP contribution in [-0.4, -0.2) is 98.1 Å². The molecule has 0 saturated carbocycles. The van der Waals surface area contributed by atoms with Gasteiger partial charge in [0.1, 0.15) is 35.6 Å². The number of methoxy groups -OCH3 is 2. The van der Waals surface area contributed by atoms with Gasteiger partial charge in [-0.05, 0) is 61.8 Å². The van der Waals surface area contributed by atoms with E-state index in [1.165, 1.54) is 14.2 Å². The molecule has 5 atom stereocenters. The first kappa shape index (κ1) is 43.3. The molecule has 3 aromatic heterocycles. The number of hydrogen-bond donors (Lipinski definition) is 5. The first-order valence-corrected chi connectivity index (χ1v) is 21.9. The van der Waals surface area contributed by atoms with E-state index < -0.39 is 24.3 Å². The number of nitrogens with one attached hydrogen (secondary N) is 5. The van der Waals surface area contributed by atoms with Crippen LogP contribution in [0.2, 0.25) is 0 Å². The maximum Gasteiger partial charge on any atom is 0.407 e. The highest BCUT2D eigenvalue weighted by molar-refractivity contribution is 5.96. The first-order chi connectivity index (χ1) is 30.1. The number of H-pyrrole nitrogens is 3. The number of rotatable bonds is 10. The van der Waals surface area contributed by atoms with Gasteiger partial charge in [-0.3, -0.25) is 9.59 Å². The van der Waals surface area contributed by atoms with Crippen molar-refractivity contribution in [3.8, 4) is 39.5 Å². The molecule has 3 aliphatic rings. The number of likely N-dealkylation sites (tertiary alicyclic amines) is 2. The summed E-state index contributed by atoms with van der Waals surface area (Å²) in [4.78, 5) is 75.6. The van der Waals surface area contributed by atoms with Crippen LogP contribution < -0.4 is 15.4 Å². The monoisotopic (exact) mass is 861 g/mol. The summed E-state index contributed by atoms with van der Waals surface area (Å²) in [6.45, 7) is 15.3. The van der Waals surface area contributed by atoms with Gasteiger partial charge in [-0.25, -0.2) is 19.6 Å². The average molecular weight is 862 g/mol. The quantitative estimate of drug-likeness (QED) is 0.0919. The third-order valence-corrected chi connectivity index (χ3v) is 12.7. The van der Waals surface area contributed by atoms with Crippen LogP contribution in [0.4, 0.5) is 9.59 Å². The smallest absolute Gasteiger partial charge is 0.407 e. The van der Waals surface area contributed by atoms with Crippen LogP contribution in [0.15, 0.2) is 48.8 Å². The van der Waals surface area contributed by atoms with Gasteiger partial charge in [-0.2, -0.15) is 0 Å². The summed E-state index contributed by atoms with van der Waals surface area (Å²) < 4.78 is 16.6. The fourth-order valence-electron chi connectivity index (χ4n) is 9.35. The number of amides is 4. The Morgan fingerprint density at radius 3 is 1.75 bits per heavy atom. The first-order valence-electron chi connectivity index (χ1n) is 21.9. The third kappa shape index (κ3) is 8.22. The summed E-state index contributed by atoms with van der Waals surface area (Å²) in [7, 11) is 2.58. The Balaban J connectivity index is 1.06. The van der Waals surface area contributed by atoms with Gasteiger partial charge in [0.2, 0.25) is 11.8 Å². The van der Waals surface area contributed by atoms with Gasteiger partial charge in [-0.15, -0.1) is 0 Å². The summed E-state index contributed by atoms with van der Waals surface area (Å²) in [6.07, 6.45) is 5.25. The minimum Gasteiger partial charge on any atom is -0.484 e. The molecule has 2 fully saturated rings. The topological polar surface area (TPSA) is 200 Å². The lowest BCUT2D eigenvalue weighted by molar-refractivity contribution is -0.136. The van der Waals surface area contributed by atoms with Crippen LogP contribution in [0.3, 0.4) is 0 Å². The van der Waals surface area contributed by atoms with Crippen molar-refractivity contribution >= 4 is 34.9 Å². The fourth-order valence-corrected chi connectivity index (χ4v) is 9.35. The number of fused-ring (bicyclic) bond motifs is 5. The molecule has 5 N–H and O–H groups in total. The molecular weight excluding hydrogens is 803 g/mol. The molecule has 5 aromatic rings. The van der Waals surface area contributed by atoms with Crippen LogP contribution in [0.25, 0.3) is 44.7 Å². The number of aromatic nitrogens is 5. The van der Waals surface area contributed by atoms with Gasteiger partial charge < -0.3 is 49.6 Å². The molecule has 1 unspecified atom stereocenters. The molecule has 16 heteroatoms. The number of carbonyl (C=O) groups is 4. The summed E-state index contributed by atoms with van der Waals surface area (Å²) >= 11 is 0. The maximum atomic E-state index is 13.8. The van der Waals surface area contributed by atoms with E-state index in [-0.39, 0.29) is 47.3 Å². The number of carbonyl (C=O) groups excluding carboxylic acids is 4. The van der Waals surface area contributed by atoms with Crippen LogP contribution >= 0.6 is 0 Å². The van der Waals surface area contributed by atoms with Gasteiger partial charge in [0.15, 0.2) is 0 Å². The van der Waals surface area contributed by atoms with E-state index >= 15 is 0 Å². The predicted molar refractivity (Wildman–Crippen MR) is 237 cm³/mol. The van der Waals surface area contributed by atoms with Crippen molar-refractivity contribution in [1.29, 1.82) is 0 Å². The van der Waals surface area contributed by atoms with Crippen molar-refractivity contribution in [3.05, 3.63) is 66.0 Å². The van der Waals surface area contributed by atoms with Gasteiger partial charge in [0, 0.05) is 51.7 Å².